The highest BCUT2D eigenvalue weighted by Crippen LogP contribution is 2.40. The summed E-state index contributed by atoms with van der Waals surface area (Å²) < 4.78 is 0. The molecule has 0 aromatic heterocycles. The SMILES string of the molecule is C=CCN(C(=O)Nc1cccc(Cl)c1)C1CCN(C[C@H]2CN(C(=O)C3CCCC3)C[C@]2(O)c2ccccc2)CC1. The zero-order chi connectivity index (χ0) is 28.1. The first kappa shape index (κ1) is 28.7. The van der Waals surface area contributed by atoms with Crippen molar-refractivity contribution in [2.75, 3.05) is 44.6 Å². The van der Waals surface area contributed by atoms with Gasteiger partial charge in [-0.15, -0.1) is 6.58 Å². The normalized spacial score (nSPS) is 24.2. The van der Waals surface area contributed by atoms with Crippen LogP contribution >= 0.6 is 11.6 Å². The van der Waals surface area contributed by atoms with E-state index >= 15 is 0 Å². The molecule has 0 spiro atoms. The largest absolute Gasteiger partial charge is 0.383 e. The number of nitrogens with zero attached hydrogens (tertiary/aromatic N) is 3. The van der Waals surface area contributed by atoms with E-state index in [1.807, 2.05) is 52.3 Å². The van der Waals surface area contributed by atoms with Crippen molar-refractivity contribution >= 4 is 29.2 Å². The van der Waals surface area contributed by atoms with Gasteiger partial charge >= 0.3 is 6.03 Å². The van der Waals surface area contributed by atoms with Gasteiger partial charge in [-0.3, -0.25) is 4.79 Å². The van der Waals surface area contributed by atoms with E-state index in [-0.39, 0.29) is 29.8 Å². The molecule has 1 aliphatic carbocycles. The minimum Gasteiger partial charge on any atom is -0.383 e. The quantitative estimate of drug-likeness (QED) is 0.423. The second-order valence-corrected chi connectivity index (χ2v) is 12.0. The molecule has 8 heteroatoms. The molecule has 2 N–H and O–H groups in total. The van der Waals surface area contributed by atoms with Gasteiger partial charge in [0.1, 0.15) is 5.60 Å². The van der Waals surface area contributed by atoms with Crippen LogP contribution in [-0.4, -0.2) is 77.1 Å². The summed E-state index contributed by atoms with van der Waals surface area (Å²) in [6.07, 6.45) is 7.58. The zero-order valence-corrected chi connectivity index (χ0v) is 23.9. The number of nitrogens with one attached hydrogen (secondary N) is 1. The Hall–Kier alpha value is -2.87. The Bertz CT molecular complexity index is 1180. The molecule has 1 saturated carbocycles. The van der Waals surface area contributed by atoms with Gasteiger partial charge in [-0.25, -0.2) is 4.79 Å². The maximum atomic E-state index is 13.3. The monoisotopic (exact) mass is 564 g/mol. The Balaban J connectivity index is 1.23. The molecule has 3 amide bonds. The molecule has 0 radical (unpaired) electrons. The third-order valence-electron chi connectivity index (χ3n) is 8.98. The number of halogens is 1. The van der Waals surface area contributed by atoms with Crippen molar-refractivity contribution in [1.82, 2.24) is 14.7 Å². The lowest BCUT2D eigenvalue weighted by Crippen LogP contribution is -2.50. The molecule has 2 aromatic rings. The number of β-amino-alcohol motifs (C(OH)–C–C–N with tert-alkyl or cyclic N) is 1. The first-order chi connectivity index (χ1) is 19.4. The van der Waals surface area contributed by atoms with E-state index in [9.17, 15) is 14.7 Å². The van der Waals surface area contributed by atoms with Crippen LogP contribution in [0.4, 0.5) is 10.5 Å². The van der Waals surface area contributed by atoms with E-state index in [1.165, 1.54) is 0 Å². The fourth-order valence-corrected chi connectivity index (χ4v) is 6.98. The fourth-order valence-electron chi connectivity index (χ4n) is 6.79. The molecule has 5 rings (SSSR count). The number of carbonyl (C=O) groups is 2. The molecule has 2 heterocycles. The van der Waals surface area contributed by atoms with Crippen LogP contribution in [0.1, 0.15) is 44.1 Å². The second kappa shape index (κ2) is 12.8. The van der Waals surface area contributed by atoms with Crippen LogP contribution in [0.15, 0.2) is 67.3 Å². The van der Waals surface area contributed by atoms with Crippen molar-refractivity contribution in [2.24, 2.45) is 11.8 Å². The highest BCUT2D eigenvalue weighted by Gasteiger charge is 2.49. The first-order valence-corrected chi connectivity index (χ1v) is 15.0. The summed E-state index contributed by atoms with van der Waals surface area (Å²) in [6, 6.07) is 16.9. The molecule has 3 aliphatic rings. The van der Waals surface area contributed by atoms with Crippen LogP contribution in [0.3, 0.4) is 0 Å². The highest BCUT2D eigenvalue weighted by molar-refractivity contribution is 6.30. The summed E-state index contributed by atoms with van der Waals surface area (Å²) in [6.45, 7) is 7.61. The molecule has 0 unspecified atom stereocenters. The van der Waals surface area contributed by atoms with Crippen molar-refractivity contribution < 1.29 is 14.7 Å². The van der Waals surface area contributed by atoms with Crippen molar-refractivity contribution in [3.05, 3.63) is 77.8 Å². The maximum Gasteiger partial charge on any atom is 0.322 e. The number of amides is 3. The van der Waals surface area contributed by atoms with Gasteiger partial charge in [0.25, 0.3) is 0 Å². The smallest absolute Gasteiger partial charge is 0.322 e. The third kappa shape index (κ3) is 6.37. The lowest BCUT2D eigenvalue weighted by molar-refractivity contribution is -0.135. The van der Waals surface area contributed by atoms with Crippen molar-refractivity contribution in [1.29, 1.82) is 0 Å². The Morgan fingerprint density at radius 1 is 1.07 bits per heavy atom. The molecular formula is C32H41ClN4O3. The van der Waals surface area contributed by atoms with Crippen LogP contribution in [0.5, 0.6) is 0 Å². The van der Waals surface area contributed by atoms with Gasteiger partial charge in [-0.05, 0) is 49.4 Å². The Morgan fingerprint density at radius 3 is 2.48 bits per heavy atom. The summed E-state index contributed by atoms with van der Waals surface area (Å²) in [7, 11) is 0. The topological polar surface area (TPSA) is 76.1 Å². The zero-order valence-electron chi connectivity index (χ0n) is 23.2. The number of carbonyl (C=O) groups excluding carboxylic acids is 2. The van der Waals surface area contributed by atoms with Gasteiger partial charge in [0.15, 0.2) is 0 Å². The Labute approximate surface area is 242 Å². The van der Waals surface area contributed by atoms with Gasteiger partial charge < -0.3 is 25.1 Å². The molecule has 2 saturated heterocycles. The van der Waals surface area contributed by atoms with E-state index in [0.29, 0.717) is 36.9 Å². The minimum atomic E-state index is -1.07. The molecular weight excluding hydrogens is 524 g/mol. The molecule has 3 fully saturated rings. The fraction of sp³-hybridized carbons (Fsp3) is 0.500. The molecule has 0 bridgehead atoms. The molecule has 2 aliphatic heterocycles. The first-order valence-electron chi connectivity index (χ1n) is 14.6. The molecule has 2 aromatic carbocycles. The van der Waals surface area contributed by atoms with Crippen LogP contribution in [0.2, 0.25) is 5.02 Å². The maximum absolute atomic E-state index is 13.3. The van der Waals surface area contributed by atoms with Crippen molar-refractivity contribution in [3.63, 3.8) is 0 Å². The van der Waals surface area contributed by atoms with Crippen LogP contribution in [0, 0.1) is 11.8 Å². The molecule has 7 nitrogen and oxygen atoms in total. The molecule has 2 atom stereocenters. The summed E-state index contributed by atoms with van der Waals surface area (Å²) in [4.78, 5) is 32.7. The van der Waals surface area contributed by atoms with Crippen LogP contribution < -0.4 is 5.32 Å². The second-order valence-electron chi connectivity index (χ2n) is 11.6. The van der Waals surface area contributed by atoms with Crippen molar-refractivity contribution in [2.45, 2.75) is 50.2 Å². The summed E-state index contributed by atoms with van der Waals surface area (Å²) >= 11 is 6.10. The summed E-state index contributed by atoms with van der Waals surface area (Å²) in [5.41, 5.74) is 0.478. The predicted molar refractivity (Wildman–Crippen MR) is 159 cm³/mol. The van der Waals surface area contributed by atoms with Gasteiger partial charge in [0.05, 0.1) is 6.54 Å². The number of rotatable bonds is 8. The average Bonchev–Trinajstić information content (AvgIpc) is 3.62. The number of aliphatic hydroxyl groups is 1. The lowest BCUT2D eigenvalue weighted by atomic mass is 9.83. The van der Waals surface area contributed by atoms with Gasteiger partial charge in [-0.1, -0.05) is 66.9 Å². The van der Waals surface area contributed by atoms with Crippen LogP contribution in [0.25, 0.3) is 0 Å². The van der Waals surface area contributed by atoms with Gasteiger partial charge in [-0.2, -0.15) is 0 Å². The van der Waals surface area contributed by atoms with E-state index < -0.39 is 5.60 Å². The summed E-state index contributed by atoms with van der Waals surface area (Å²) in [5, 5.41) is 15.6. The third-order valence-corrected chi connectivity index (χ3v) is 9.21. The van der Waals surface area contributed by atoms with Crippen molar-refractivity contribution in [3.8, 4) is 0 Å². The number of anilines is 1. The van der Waals surface area contributed by atoms with E-state index in [1.54, 1.807) is 18.2 Å². The Kier molecular flexibility index (Phi) is 9.13. The number of hydrogen-bond donors (Lipinski definition) is 2. The van der Waals surface area contributed by atoms with Gasteiger partial charge in [0.2, 0.25) is 5.91 Å². The number of benzene rings is 2. The standard InChI is InChI=1S/C32H41ClN4O3/c1-2-17-37(31(39)34-28-14-8-13-27(33)20-28)29-15-18-35(19-16-29)21-26-22-36(30(38)24-9-6-7-10-24)23-32(26,40)25-11-4-3-5-12-25/h2-5,8,11-14,20,24,26,29,40H,1,6-7,9-10,15-19,21-23H2,(H,34,39)/t26-,32-/m0/s1. The van der Waals surface area contributed by atoms with Gasteiger partial charge in [0, 0.05) is 61.3 Å². The number of urea groups is 1. The molecule has 214 valence electrons. The minimum absolute atomic E-state index is 0.0767. The average molecular weight is 565 g/mol. The highest BCUT2D eigenvalue weighted by atomic mass is 35.5. The van der Waals surface area contributed by atoms with E-state index in [0.717, 1.165) is 57.2 Å². The lowest BCUT2D eigenvalue weighted by Gasteiger charge is -2.40. The number of likely N-dealkylation sites (tertiary alicyclic amines) is 2. The van der Waals surface area contributed by atoms with E-state index in [4.69, 9.17) is 11.6 Å². The van der Waals surface area contributed by atoms with E-state index in [2.05, 4.69) is 16.8 Å². The number of hydrogen-bond acceptors (Lipinski definition) is 4. The predicted octanol–water partition coefficient (Wildman–Crippen LogP) is 5.36. The number of piperidine rings is 1. The van der Waals surface area contributed by atoms with Crippen LogP contribution in [-0.2, 0) is 10.4 Å². The molecule has 40 heavy (non-hydrogen) atoms. The summed E-state index contributed by atoms with van der Waals surface area (Å²) in [5.74, 6) is 0.231. The Morgan fingerprint density at radius 2 is 1.80 bits per heavy atom.